The van der Waals surface area contributed by atoms with E-state index in [2.05, 4.69) is 79.7 Å². The molecule has 5 rings (SSSR count). The van der Waals surface area contributed by atoms with E-state index >= 15 is 0 Å². The molecule has 1 aromatic heterocycles. The largest absolute Gasteiger partial charge is 0.335 e. The van der Waals surface area contributed by atoms with Crippen molar-refractivity contribution in [2.45, 2.75) is 37.9 Å². The molecule has 4 nitrogen and oxygen atoms in total. The summed E-state index contributed by atoms with van der Waals surface area (Å²) in [6.07, 6.45) is 4.61. The zero-order valence-electron chi connectivity index (χ0n) is 19.0. The number of para-hydroxylation sites is 1. The van der Waals surface area contributed by atoms with Crippen molar-refractivity contribution in [3.05, 3.63) is 112 Å². The first kappa shape index (κ1) is 22.8. The van der Waals surface area contributed by atoms with Gasteiger partial charge >= 0.3 is 0 Å². The number of halogens is 1. The molecule has 1 aliphatic rings. The lowest BCUT2D eigenvalue weighted by atomic mass is 9.91. The molecule has 1 amide bonds. The van der Waals surface area contributed by atoms with Crippen LogP contribution in [0.1, 0.15) is 34.3 Å². The topological polar surface area (TPSA) is 45.2 Å². The zero-order chi connectivity index (χ0) is 23.3. The van der Waals surface area contributed by atoms with Crippen LogP contribution in [0.25, 0.3) is 10.9 Å². The van der Waals surface area contributed by atoms with Gasteiger partial charge in [-0.25, -0.2) is 0 Å². The smallest absolute Gasteiger partial charge is 0.254 e. The molecule has 0 saturated carbocycles. The van der Waals surface area contributed by atoms with Crippen LogP contribution in [0.5, 0.6) is 0 Å². The van der Waals surface area contributed by atoms with Gasteiger partial charge in [0.05, 0.1) is 5.52 Å². The Morgan fingerprint density at radius 1 is 1.00 bits per heavy atom. The molecule has 0 aliphatic carbocycles. The van der Waals surface area contributed by atoms with Gasteiger partial charge in [-0.3, -0.25) is 9.78 Å². The number of carbonyl (C=O) groups is 1. The number of likely N-dealkylation sites (tertiary alicyclic amines) is 1. The lowest BCUT2D eigenvalue weighted by Gasteiger charge is -2.40. The normalized spacial score (nSPS) is 18.2. The van der Waals surface area contributed by atoms with Crippen LogP contribution in [0.4, 0.5) is 0 Å². The summed E-state index contributed by atoms with van der Waals surface area (Å²) >= 11 is 3.51. The average molecular weight is 514 g/mol. The summed E-state index contributed by atoms with van der Waals surface area (Å²) in [5, 5.41) is 4.98. The fraction of sp³-hybridized carbons (Fsp3) is 0.241. The van der Waals surface area contributed by atoms with Crippen molar-refractivity contribution in [2.75, 3.05) is 6.54 Å². The number of amides is 1. The molecule has 2 atom stereocenters. The Morgan fingerprint density at radius 2 is 1.82 bits per heavy atom. The van der Waals surface area contributed by atoms with Gasteiger partial charge in [-0.05, 0) is 60.7 Å². The number of hydrogen-bond donors (Lipinski definition) is 1. The number of nitrogens with one attached hydrogen (secondary N) is 1. The number of pyridine rings is 1. The monoisotopic (exact) mass is 513 g/mol. The van der Waals surface area contributed by atoms with Gasteiger partial charge in [0.15, 0.2) is 0 Å². The predicted molar refractivity (Wildman–Crippen MR) is 141 cm³/mol. The van der Waals surface area contributed by atoms with Crippen molar-refractivity contribution in [2.24, 2.45) is 0 Å². The summed E-state index contributed by atoms with van der Waals surface area (Å²) in [5.41, 5.74) is 4.29. The number of rotatable bonds is 6. The van der Waals surface area contributed by atoms with Crippen LogP contribution in [0, 0.1) is 0 Å². The molecule has 3 aromatic carbocycles. The molecule has 1 aliphatic heterocycles. The van der Waals surface area contributed by atoms with Crippen LogP contribution in [0.3, 0.4) is 0 Å². The molecule has 1 N–H and O–H groups in total. The first-order valence-corrected chi connectivity index (χ1v) is 12.6. The molecular weight excluding hydrogens is 486 g/mol. The predicted octanol–water partition coefficient (Wildman–Crippen LogP) is 6.00. The second kappa shape index (κ2) is 10.5. The molecule has 1 fully saturated rings. The molecule has 0 bridgehead atoms. The molecule has 34 heavy (non-hydrogen) atoms. The molecule has 4 aromatic rings. The van der Waals surface area contributed by atoms with Gasteiger partial charge in [0.25, 0.3) is 5.91 Å². The van der Waals surface area contributed by atoms with Crippen LogP contribution in [-0.4, -0.2) is 34.4 Å². The summed E-state index contributed by atoms with van der Waals surface area (Å²) in [5.74, 6) is 0.112. The third kappa shape index (κ3) is 5.21. The quantitative estimate of drug-likeness (QED) is 0.343. The molecule has 5 heteroatoms. The third-order valence-electron chi connectivity index (χ3n) is 6.68. The van der Waals surface area contributed by atoms with Gasteiger partial charge in [0, 0.05) is 46.8 Å². The van der Waals surface area contributed by atoms with E-state index in [1.165, 1.54) is 16.5 Å². The Labute approximate surface area is 209 Å². The number of piperidine rings is 1. The zero-order valence-corrected chi connectivity index (χ0v) is 20.6. The van der Waals surface area contributed by atoms with Crippen LogP contribution >= 0.6 is 15.9 Å². The van der Waals surface area contributed by atoms with Gasteiger partial charge in [-0.1, -0.05) is 70.5 Å². The van der Waals surface area contributed by atoms with Gasteiger partial charge in [0.1, 0.15) is 0 Å². The van der Waals surface area contributed by atoms with Crippen molar-refractivity contribution in [3.8, 4) is 0 Å². The van der Waals surface area contributed by atoms with Crippen LogP contribution < -0.4 is 5.32 Å². The fourth-order valence-corrected chi connectivity index (χ4v) is 5.33. The van der Waals surface area contributed by atoms with Crippen molar-refractivity contribution in [3.63, 3.8) is 0 Å². The van der Waals surface area contributed by atoms with Crippen molar-refractivity contribution in [1.29, 1.82) is 0 Å². The highest BCUT2D eigenvalue weighted by Crippen LogP contribution is 2.25. The minimum absolute atomic E-state index is 0.112. The lowest BCUT2D eigenvalue weighted by Crippen LogP contribution is -2.51. The standard InChI is InChI=1S/C29H28BrN3O/c30-24-10-6-9-22(18-24)29(34)33-16-14-25(19-26(33)17-21-7-2-1-3-8-21)32-20-23-13-15-31-28-12-5-4-11-27(23)28/h1-13,15,18,25-26,32H,14,16-17,19-20H2/t25-,26+/m0/s1. The van der Waals surface area contributed by atoms with E-state index in [1.807, 2.05) is 42.6 Å². The molecule has 1 saturated heterocycles. The van der Waals surface area contributed by atoms with Crippen LogP contribution in [-0.2, 0) is 13.0 Å². The second-order valence-corrected chi connectivity index (χ2v) is 9.86. The van der Waals surface area contributed by atoms with E-state index in [-0.39, 0.29) is 11.9 Å². The highest BCUT2D eigenvalue weighted by atomic mass is 79.9. The van der Waals surface area contributed by atoms with E-state index in [1.54, 1.807) is 0 Å². The summed E-state index contributed by atoms with van der Waals surface area (Å²) in [7, 11) is 0. The third-order valence-corrected chi connectivity index (χ3v) is 7.18. The van der Waals surface area contributed by atoms with Crippen molar-refractivity contribution in [1.82, 2.24) is 15.2 Å². The maximum absolute atomic E-state index is 13.5. The summed E-state index contributed by atoms with van der Waals surface area (Å²) in [4.78, 5) is 20.0. The second-order valence-electron chi connectivity index (χ2n) is 8.94. The van der Waals surface area contributed by atoms with Gasteiger partial charge in [-0.2, -0.15) is 0 Å². The number of hydrogen-bond acceptors (Lipinski definition) is 3. The molecule has 172 valence electrons. The van der Waals surface area contributed by atoms with Gasteiger partial charge in [-0.15, -0.1) is 0 Å². The summed E-state index contributed by atoms with van der Waals surface area (Å²) < 4.78 is 0.930. The molecule has 0 radical (unpaired) electrons. The minimum Gasteiger partial charge on any atom is -0.335 e. The Kier molecular flexibility index (Phi) is 7.02. The SMILES string of the molecule is O=C(c1cccc(Br)c1)N1CC[C@H](NCc2ccnc3ccccc23)C[C@H]1Cc1ccccc1. The first-order valence-electron chi connectivity index (χ1n) is 11.8. The first-order chi connectivity index (χ1) is 16.7. The highest BCUT2D eigenvalue weighted by Gasteiger charge is 2.32. The average Bonchev–Trinajstić information content (AvgIpc) is 2.88. The molecule has 0 spiro atoms. The van der Waals surface area contributed by atoms with E-state index in [4.69, 9.17) is 0 Å². The number of nitrogens with zero attached hydrogens (tertiary/aromatic N) is 2. The molecular formula is C29H28BrN3O. The molecule has 0 unspecified atom stereocenters. The van der Waals surface area contributed by atoms with Crippen LogP contribution in [0.15, 0.2) is 95.6 Å². The number of carbonyl (C=O) groups excluding carboxylic acids is 1. The van der Waals surface area contributed by atoms with Crippen LogP contribution in [0.2, 0.25) is 0 Å². The Morgan fingerprint density at radius 3 is 2.68 bits per heavy atom. The summed E-state index contributed by atoms with van der Waals surface area (Å²) in [6, 6.07) is 29.1. The Balaban J connectivity index is 1.33. The maximum Gasteiger partial charge on any atom is 0.254 e. The van der Waals surface area contributed by atoms with E-state index in [9.17, 15) is 4.79 Å². The summed E-state index contributed by atoms with van der Waals surface area (Å²) in [6.45, 7) is 1.54. The number of benzene rings is 3. The van der Waals surface area contributed by atoms with Gasteiger partial charge < -0.3 is 10.2 Å². The maximum atomic E-state index is 13.5. The van der Waals surface area contributed by atoms with E-state index < -0.39 is 0 Å². The highest BCUT2D eigenvalue weighted by molar-refractivity contribution is 9.10. The minimum atomic E-state index is 0.112. The Bertz CT molecular complexity index is 1270. The number of aromatic nitrogens is 1. The fourth-order valence-electron chi connectivity index (χ4n) is 4.93. The van der Waals surface area contributed by atoms with Crippen molar-refractivity contribution >= 4 is 32.7 Å². The van der Waals surface area contributed by atoms with E-state index in [0.29, 0.717) is 6.04 Å². The molecule has 2 heterocycles. The van der Waals surface area contributed by atoms with E-state index in [0.717, 1.165) is 47.9 Å². The van der Waals surface area contributed by atoms with Crippen molar-refractivity contribution < 1.29 is 4.79 Å². The van der Waals surface area contributed by atoms with Gasteiger partial charge in [0.2, 0.25) is 0 Å². The number of fused-ring (bicyclic) bond motifs is 1. The Hall–Kier alpha value is -3.02. The lowest BCUT2D eigenvalue weighted by molar-refractivity contribution is 0.0576.